The summed E-state index contributed by atoms with van der Waals surface area (Å²) in [6.07, 6.45) is 5.84. The Morgan fingerprint density at radius 3 is 1.52 bits per heavy atom. The second-order valence-corrected chi connectivity index (χ2v) is 24.8. The molecule has 98 heavy (non-hydrogen) atoms. The Morgan fingerprint density at radius 1 is 0.602 bits per heavy atom. The van der Waals surface area contributed by atoms with Crippen molar-refractivity contribution in [2.75, 3.05) is 122 Å². The van der Waals surface area contributed by atoms with Crippen molar-refractivity contribution in [1.82, 2.24) is 15.1 Å². The Hall–Kier alpha value is -4.36. The molecule has 0 aromatic heterocycles. The lowest BCUT2D eigenvalue weighted by molar-refractivity contribution is -0.0294. The van der Waals surface area contributed by atoms with Crippen LogP contribution in [0, 0.1) is 0 Å². The van der Waals surface area contributed by atoms with Crippen molar-refractivity contribution in [2.45, 2.75) is 156 Å². The van der Waals surface area contributed by atoms with E-state index in [0.717, 1.165) is 102 Å². The van der Waals surface area contributed by atoms with E-state index < -0.39 is 29.1 Å². The minimum absolute atomic E-state index is 0. The number of methoxy groups -OCH3 is 5. The minimum atomic E-state index is -1.06. The number of carbonyl (C=O) groups is 3. The molecule has 0 aliphatic carbocycles. The number of carbonyl (C=O) groups excluding carboxylic acids is 3. The van der Waals surface area contributed by atoms with E-state index in [-0.39, 0.29) is 90.3 Å². The molecule has 570 valence electrons. The van der Waals surface area contributed by atoms with E-state index in [1.165, 1.54) is 29.5 Å². The number of rotatable bonds is 14. The number of phenolic OH excluding ortho intramolecular Hbond substituents is 1. The number of likely N-dealkylation sites (N-methyl/N-ethyl adjacent to an activating group) is 2. The van der Waals surface area contributed by atoms with Crippen LogP contribution < -0.4 is 40.5 Å². The maximum absolute atomic E-state index is 11.0. The van der Waals surface area contributed by atoms with Crippen molar-refractivity contribution >= 4 is 108 Å². The summed E-state index contributed by atoms with van der Waals surface area (Å²) < 4.78 is 59.3. The largest absolute Gasteiger partial charge is 0.519 e. The number of alkyl halides is 2. The molecule has 0 fully saturated rings. The van der Waals surface area contributed by atoms with Gasteiger partial charge in [-0.3, -0.25) is 9.80 Å². The topological polar surface area (TPSA) is 284 Å². The molecule has 22 nitrogen and oxygen atoms in total. The van der Waals surface area contributed by atoms with Gasteiger partial charge in [0.25, 0.3) is 0 Å². The Bertz CT molecular complexity index is 2710. The van der Waals surface area contributed by atoms with E-state index in [2.05, 4.69) is 71.2 Å². The van der Waals surface area contributed by atoms with E-state index in [1.54, 1.807) is 83.2 Å². The van der Waals surface area contributed by atoms with Gasteiger partial charge < -0.3 is 84.2 Å². The molecule has 29 heteroatoms. The molecule has 4 aliphatic heterocycles. The highest BCUT2D eigenvalue weighted by Crippen LogP contribution is 2.52. The number of nitrogens with zero attached hydrogens (tertiary/aromatic N) is 2. The molecule has 4 aromatic carbocycles. The monoisotopic (exact) mass is 1530 g/mol. The molecule has 0 unspecified atom stereocenters. The maximum Gasteiger partial charge on any atom is 0.519 e. The molecule has 4 aliphatic rings. The zero-order valence-electron chi connectivity index (χ0n) is 61.4. The molecular formula is C69H122Cl3N5O17S4. The first-order valence-corrected chi connectivity index (χ1v) is 32.3. The van der Waals surface area contributed by atoms with Crippen molar-refractivity contribution < 1.29 is 81.8 Å². The molecule has 8 N–H and O–H groups in total. The Balaban J connectivity index is -0.000000329. The maximum atomic E-state index is 11.0. The number of phenols is 1. The molecular weight excluding hydrogens is 1410 g/mol. The molecule has 0 spiro atoms. The summed E-state index contributed by atoms with van der Waals surface area (Å²) in [5.74, 6) is 5.62. The molecule has 2 atom stereocenters. The highest BCUT2D eigenvalue weighted by molar-refractivity contribution is 7.59. The fourth-order valence-electron chi connectivity index (χ4n) is 8.89. The van der Waals surface area contributed by atoms with Crippen LogP contribution in [0.25, 0.3) is 0 Å². The summed E-state index contributed by atoms with van der Waals surface area (Å²) in [4.78, 5) is 37.7. The van der Waals surface area contributed by atoms with Gasteiger partial charge in [-0.15, -0.1) is 35.6 Å². The van der Waals surface area contributed by atoms with E-state index >= 15 is 0 Å². The second-order valence-electron chi connectivity index (χ2n) is 24.1. The van der Waals surface area contributed by atoms with Crippen LogP contribution in [0.1, 0.15) is 147 Å². The Labute approximate surface area is 629 Å². The van der Waals surface area contributed by atoms with Crippen LogP contribution in [-0.4, -0.2) is 182 Å². The summed E-state index contributed by atoms with van der Waals surface area (Å²) in [7, 11) is 14.7. The van der Waals surface area contributed by atoms with E-state index in [4.69, 9.17) is 92.3 Å². The van der Waals surface area contributed by atoms with Crippen LogP contribution in [0.3, 0.4) is 0 Å². The van der Waals surface area contributed by atoms with Gasteiger partial charge >= 0.3 is 18.4 Å². The molecule has 4 heterocycles. The van der Waals surface area contributed by atoms with E-state index in [0.29, 0.717) is 71.5 Å². The quantitative estimate of drug-likeness (QED) is 0.0225. The first-order valence-electron chi connectivity index (χ1n) is 31.2. The van der Waals surface area contributed by atoms with Crippen molar-refractivity contribution in [1.29, 1.82) is 0 Å². The number of nitrogens with two attached hydrogens (primary N) is 2. The fourth-order valence-corrected chi connectivity index (χ4v) is 9.18. The first-order chi connectivity index (χ1) is 44.1. The lowest BCUT2D eigenvalue weighted by Gasteiger charge is -2.37. The van der Waals surface area contributed by atoms with Crippen molar-refractivity contribution in [2.24, 2.45) is 11.5 Å². The summed E-state index contributed by atoms with van der Waals surface area (Å²) in [6, 6.07) is 20.3. The van der Waals surface area contributed by atoms with Crippen molar-refractivity contribution in [3.8, 4) is 46.0 Å². The van der Waals surface area contributed by atoms with Gasteiger partial charge in [0.1, 0.15) is 22.6 Å². The Kier molecular flexibility index (Phi) is 61.1. The van der Waals surface area contributed by atoms with Crippen LogP contribution in [0.15, 0.2) is 60.7 Å². The highest BCUT2D eigenvalue weighted by Gasteiger charge is 2.35. The number of ether oxygens (including phenoxy) is 11. The number of aromatic hydroxyl groups is 1. The number of fused-ring (bicyclic) bond motifs is 2. The normalized spacial score (nSPS) is 13.7. The van der Waals surface area contributed by atoms with Crippen LogP contribution in [0.4, 0.5) is 14.4 Å². The van der Waals surface area contributed by atoms with Crippen molar-refractivity contribution in [3.05, 3.63) is 94.0 Å². The van der Waals surface area contributed by atoms with Gasteiger partial charge in [-0.05, 0) is 211 Å². The number of halogens is 3. The zero-order valence-corrected chi connectivity index (χ0v) is 67.8. The number of unbranched alkanes of at least 4 members (excludes halogenated alkanes) is 1. The van der Waals surface area contributed by atoms with Gasteiger partial charge in [0.05, 0.1) is 21.3 Å². The predicted molar refractivity (Wildman–Crippen MR) is 418 cm³/mol. The first kappa shape index (κ1) is 105. The van der Waals surface area contributed by atoms with Gasteiger partial charge in [-0.1, -0.05) is 31.5 Å². The van der Waals surface area contributed by atoms with Gasteiger partial charge in [-0.25, -0.2) is 14.4 Å². The zero-order chi connectivity index (χ0) is 70.9. The van der Waals surface area contributed by atoms with Crippen LogP contribution in [0.2, 0.25) is 0 Å². The average Bonchev–Trinajstić information content (AvgIpc) is 0.756. The summed E-state index contributed by atoms with van der Waals surface area (Å²) in [6.45, 7) is 23.2. The van der Waals surface area contributed by atoms with Gasteiger partial charge in [0.2, 0.25) is 5.75 Å². The van der Waals surface area contributed by atoms with Gasteiger partial charge in [0, 0.05) is 90.7 Å². The molecule has 4 aromatic rings. The number of hydrogen-bond donors (Lipinski definition) is 6. The number of hydrogen-bond acceptors (Lipinski definition) is 21. The predicted octanol–water partition coefficient (Wildman–Crippen LogP) is 14.0. The van der Waals surface area contributed by atoms with Crippen LogP contribution >= 0.6 is 89.6 Å². The second kappa shape index (κ2) is 57.2. The molecule has 0 saturated carbocycles. The number of aliphatic hydroxyl groups excluding tert-OH is 2. The standard InChI is InChI=1S/C37H40N2O6.C10H18O5.C8H16ClNO2.C5H12O.C4H11NO.C3H8ClN.2CH4O.ClH.4H2S/c1-38-14-12-24-19-32(41-3)33-21-27(24)28(38)16-22-6-9-26(10-7-22)44-31-18-23(8-11-30(31)40)17-29-35-25(13-15-39(29)2)20-34(42-4)36(43-5)37(35)45-33;1-9(2,3)14-7(11)13-8(12)15-10(4,5)6;1-8(2,3)12-7(11)10-6-4-5-9;1-3-4-5-6-2;1-6-4-2-3-5;4-2-1-3-5;2*1-2;;;;;/h6-11,18-21,28-29,40H,12-17H2,1-5H3;1-6H3;4-6H2,1-3H3,(H,10,11);3-5H2,1-2H3;2-5H2,1H3;1-3,5H2;2*2H,1H3;1H;4*1H2/t28-,29+;;;;;;;;;;;;/m0............/s1. The van der Waals surface area contributed by atoms with Gasteiger partial charge in [0.15, 0.2) is 34.5 Å². The summed E-state index contributed by atoms with van der Waals surface area (Å²) >= 11 is 10.6. The Morgan fingerprint density at radius 2 is 1.08 bits per heavy atom. The minimum Gasteiger partial charge on any atom is -0.504 e. The summed E-state index contributed by atoms with van der Waals surface area (Å²) in [5.41, 5.74) is 15.3. The summed E-state index contributed by atoms with van der Waals surface area (Å²) in [5, 5.41) is 27.3. The van der Waals surface area contributed by atoms with Crippen LogP contribution in [0.5, 0.6) is 46.0 Å². The molecule has 6 bridgehead atoms. The number of benzene rings is 4. The van der Waals surface area contributed by atoms with E-state index in [1.807, 2.05) is 45.0 Å². The smallest absolute Gasteiger partial charge is 0.504 e. The average molecular weight is 1530 g/mol. The number of alkyl carbamates (subject to hydrolysis) is 1. The third-order valence-electron chi connectivity index (χ3n) is 13.2. The van der Waals surface area contributed by atoms with Crippen molar-refractivity contribution in [3.63, 3.8) is 0 Å². The van der Waals surface area contributed by atoms with Gasteiger partial charge in [-0.2, -0.15) is 54.0 Å². The number of nitrogens with one attached hydrogen (secondary N) is 1. The van der Waals surface area contributed by atoms with E-state index in [9.17, 15) is 19.5 Å². The fraction of sp³-hybridized carbons (Fsp3) is 0.609. The lowest BCUT2D eigenvalue weighted by atomic mass is 9.87. The third kappa shape index (κ3) is 41.5. The SMILES string of the molecule is CC(C)(C)OC(=O)NCCCCl.CC(C)(C)OC(=O)OC(=O)OC(C)(C)C.CCCCOC.CO.CO.COCCCN.COc1cc2c3cc1Oc1c(OC)c(OC)cc4c1[C@@H](Cc1ccc(O)c(c1)Oc1ccc(cc1)C[C@@H]3N(C)CC2)N(C)CC4.Cl.NCCCCl.S.S.S.S. The molecule has 0 radical (unpaired) electrons. The molecule has 1 amide bonds. The molecule has 8 rings (SSSR count). The lowest BCUT2D eigenvalue weighted by Crippen LogP contribution is -2.34. The number of aliphatic hydroxyl groups is 2. The highest BCUT2D eigenvalue weighted by atomic mass is 35.5. The van der Waals surface area contributed by atoms with Crippen LogP contribution in [-0.2, 0) is 54.1 Å². The molecule has 0 saturated heterocycles. The third-order valence-corrected chi connectivity index (χ3v) is 13.7. The number of amides is 1.